The van der Waals surface area contributed by atoms with Crippen molar-refractivity contribution in [3.63, 3.8) is 0 Å². The highest BCUT2D eigenvalue weighted by molar-refractivity contribution is 14.0. The summed E-state index contributed by atoms with van der Waals surface area (Å²) in [5.41, 5.74) is 3.69. The van der Waals surface area contributed by atoms with Crippen molar-refractivity contribution < 1.29 is 8.42 Å². The molecule has 0 saturated carbocycles. The lowest BCUT2D eigenvalue weighted by molar-refractivity contribution is 0.353. The molecule has 1 fully saturated rings. The van der Waals surface area contributed by atoms with Gasteiger partial charge in [-0.3, -0.25) is 4.99 Å². The van der Waals surface area contributed by atoms with Crippen LogP contribution in [0.25, 0.3) is 10.9 Å². The van der Waals surface area contributed by atoms with Gasteiger partial charge < -0.3 is 15.2 Å². The smallest absolute Gasteiger partial charge is 0.194 e. The van der Waals surface area contributed by atoms with Gasteiger partial charge in [0.2, 0.25) is 0 Å². The average molecular weight is 518 g/mol. The molecule has 28 heavy (non-hydrogen) atoms. The number of fused-ring (bicyclic) bond motifs is 1. The molecule has 0 spiro atoms. The second-order valence-corrected chi connectivity index (χ2v) is 10.5. The first-order valence-electron chi connectivity index (χ1n) is 9.56. The number of rotatable bonds is 4. The SMILES string of the molecule is CCNC(=NCCc1c[nH]c2c(C)cccc12)N1CCS(=O)(=O)C(C)(C)C1.I. The van der Waals surface area contributed by atoms with E-state index in [1.54, 1.807) is 13.8 Å². The van der Waals surface area contributed by atoms with Crippen LogP contribution in [0.4, 0.5) is 0 Å². The maximum absolute atomic E-state index is 12.3. The standard InChI is InChI=1S/C20H30N4O2S.HI/c1-5-21-19(24-11-12-27(25,26)20(3,4)14-24)22-10-9-16-13-23-18-15(2)7-6-8-17(16)18;/h6-8,13,23H,5,9-12,14H2,1-4H3,(H,21,22);1H. The lowest BCUT2D eigenvalue weighted by atomic mass is 10.1. The monoisotopic (exact) mass is 518 g/mol. The van der Waals surface area contributed by atoms with Gasteiger partial charge in [0.05, 0.1) is 10.5 Å². The van der Waals surface area contributed by atoms with Gasteiger partial charge in [-0.2, -0.15) is 0 Å². The second-order valence-electron chi connectivity index (χ2n) is 7.80. The van der Waals surface area contributed by atoms with E-state index in [-0.39, 0.29) is 29.7 Å². The molecular weight excluding hydrogens is 487 g/mol. The maximum Gasteiger partial charge on any atom is 0.194 e. The summed E-state index contributed by atoms with van der Waals surface area (Å²) in [4.78, 5) is 10.2. The Kier molecular flexibility index (Phi) is 7.41. The quantitative estimate of drug-likeness (QED) is 0.371. The van der Waals surface area contributed by atoms with E-state index in [4.69, 9.17) is 4.99 Å². The molecule has 1 saturated heterocycles. The van der Waals surface area contributed by atoms with Crippen molar-refractivity contribution in [2.45, 2.75) is 38.9 Å². The Bertz CT molecular complexity index is 950. The first-order chi connectivity index (χ1) is 12.7. The van der Waals surface area contributed by atoms with Crippen LogP contribution in [0.5, 0.6) is 0 Å². The van der Waals surface area contributed by atoms with Crippen LogP contribution in [-0.2, 0) is 16.3 Å². The van der Waals surface area contributed by atoms with Crippen molar-refractivity contribution >= 4 is 50.7 Å². The molecule has 0 aliphatic carbocycles. The van der Waals surface area contributed by atoms with Crippen LogP contribution in [0, 0.1) is 6.92 Å². The largest absolute Gasteiger partial charge is 0.361 e. The summed E-state index contributed by atoms with van der Waals surface area (Å²) in [7, 11) is -3.06. The number of hydrogen-bond donors (Lipinski definition) is 2. The fourth-order valence-corrected chi connectivity index (χ4v) is 4.97. The Morgan fingerprint density at radius 2 is 2.11 bits per heavy atom. The molecule has 0 atom stereocenters. The van der Waals surface area contributed by atoms with Crippen molar-refractivity contribution in [2.75, 3.05) is 31.9 Å². The summed E-state index contributed by atoms with van der Waals surface area (Å²) in [6.07, 6.45) is 2.91. The Morgan fingerprint density at radius 3 is 2.79 bits per heavy atom. The molecule has 1 aliphatic rings. The van der Waals surface area contributed by atoms with Crippen molar-refractivity contribution in [3.05, 3.63) is 35.5 Å². The first kappa shape index (κ1) is 23.0. The number of para-hydroxylation sites is 1. The highest BCUT2D eigenvalue weighted by Crippen LogP contribution is 2.24. The highest BCUT2D eigenvalue weighted by Gasteiger charge is 2.40. The zero-order valence-corrected chi connectivity index (χ0v) is 20.2. The van der Waals surface area contributed by atoms with E-state index in [1.165, 1.54) is 22.0 Å². The zero-order chi connectivity index (χ0) is 19.7. The summed E-state index contributed by atoms with van der Waals surface area (Å²) < 4.78 is 23.8. The van der Waals surface area contributed by atoms with Crippen LogP contribution in [0.2, 0.25) is 0 Å². The molecule has 156 valence electrons. The summed E-state index contributed by atoms with van der Waals surface area (Å²) in [6, 6.07) is 6.33. The van der Waals surface area contributed by atoms with E-state index >= 15 is 0 Å². The summed E-state index contributed by atoms with van der Waals surface area (Å²) in [5.74, 6) is 0.975. The number of H-pyrrole nitrogens is 1. The van der Waals surface area contributed by atoms with Crippen molar-refractivity contribution in [1.82, 2.24) is 15.2 Å². The molecule has 8 heteroatoms. The van der Waals surface area contributed by atoms with Crippen molar-refractivity contribution in [2.24, 2.45) is 4.99 Å². The van der Waals surface area contributed by atoms with Gasteiger partial charge in [0.15, 0.2) is 15.8 Å². The van der Waals surface area contributed by atoms with Crippen LogP contribution < -0.4 is 5.32 Å². The summed E-state index contributed by atoms with van der Waals surface area (Å²) >= 11 is 0. The molecule has 2 N–H and O–H groups in total. The zero-order valence-electron chi connectivity index (χ0n) is 17.1. The number of benzene rings is 1. The molecule has 0 amide bonds. The molecule has 1 aliphatic heterocycles. The molecule has 3 rings (SSSR count). The predicted molar refractivity (Wildman–Crippen MR) is 128 cm³/mol. The minimum absolute atomic E-state index is 0. The number of halogens is 1. The topological polar surface area (TPSA) is 77.6 Å². The Balaban J connectivity index is 0.00000280. The lowest BCUT2D eigenvalue weighted by Crippen LogP contribution is -2.57. The van der Waals surface area contributed by atoms with Gasteiger partial charge in [0, 0.05) is 43.3 Å². The van der Waals surface area contributed by atoms with E-state index < -0.39 is 14.6 Å². The molecule has 2 heterocycles. The van der Waals surface area contributed by atoms with Crippen LogP contribution in [-0.4, -0.2) is 60.9 Å². The van der Waals surface area contributed by atoms with Gasteiger partial charge >= 0.3 is 0 Å². The molecule has 1 aromatic carbocycles. The van der Waals surface area contributed by atoms with Gasteiger partial charge in [0.25, 0.3) is 0 Å². The molecule has 0 radical (unpaired) electrons. The van der Waals surface area contributed by atoms with Crippen LogP contribution >= 0.6 is 24.0 Å². The average Bonchev–Trinajstić information content (AvgIpc) is 3.01. The van der Waals surface area contributed by atoms with Crippen LogP contribution in [0.1, 0.15) is 31.9 Å². The number of nitrogens with zero attached hydrogens (tertiary/aromatic N) is 2. The van der Waals surface area contributed by atoms with E-state index in [0.717, 1.165) is 18.9 Å². The maximum atomic E-state index is 12.3. The van der Waals surface area contributed by atoms with E-state index in [1.807, 2.05) is 6.92 Å². The van der Waals surface area contributed by atoms with Gasteiger partial charge in [0.1, 0.15) is 0 Å². The second kappa shape index (κ2) is 9.02. The Morgan fingerprint density at radius 1 is 1.36 bits per heavy atom. The van der Waals surface area contributed by atoms with Gasteiger partial charge in [-0.25, -0.2) is 8.42 Å². The summed E-state index contributed by atoms with van der Waals surface area (Å²) in [6.45, 7) is 10.1. The van der Waals surface area contributed by atoms with Gasteiger partial charge in [-0.1, -0.05) is 18.2 Å². The molecule has 0 bridgehead atoms. The fourth-order valence-electron chi connectivity index (χ4n) is 3.60. The third kappa shape index (κ3) is 4.64. The minimum atomic E-state index is -3.06. The first-order valence-corrected chi connectivity index (χ1v) is 11.2. The number of sulfone groups is 1. The molecular formula is C20H31IN4O2S. The third-order valence-electron chi connectivity index (χ3n) is 5.33. The lowest BCUT2D eigenvalue weighted by Gasteiger charge is -2.39. The van der Waals surface area contributed by atoms with Crippen molar-refractivity contribution in [1.29, 1.82) is 0 Å². The van der Waals surface area contributed by atoms with E-state index in [0.29, 0.717) is 19.6 Å². The van der Waals surface area contributed by atoms with Crippen LogP contribution in [0.15, 0.2) is 29.4 Å². The number of aliphatic imine (C=N–C) groups is 1. The normalized spacial score (nSPS) is 18.7. The molecule has 6 nitrogen and oxygen atoms in total. The number of aryl methyl sites for hydroxylation is 1. The number of aromatic nitrogens is 1. The third-order valence-corrected chi connectivity index (χ3v) is 7.86. The highest BCUT2D eigenvalue weighted by atomic mass is 127. The summed E-state index contributed by atoms with van der Waals surface area (Å²) in [5, 5.41) is 4.57. The van der Waals surface area contributed by atoms with E-state index in [2.05, 4.69) is 46.5 Å². The Labute approximate surface area is 185 Å². The van der Waals surface area contributed by atoms with Gasteiger partial charge in [-0.15, -0.1) is 24.0 Å². The Hall–Kier alpha value is -1.29. The molecule has 0 unspecified atom stereocenters. The fraction of sp³-hybridized carbons (Fsp3) is 0.550. The number of nitrogens with one attached hydrogen (secondary N) is 2. The van der Waals surface area contributed by atoms with Crippen LogP contribution in [0.3, 0.4) is 0 Å². The number of guanidine groups is 1. The number of hydrogen-bond acceptors (Lipinski definition) is 3. The van der Waals surface area contributed by atoms with Crippen molar-refractivity contribution in [3.8, 4) is 0 Å². The van der Waals surface area contributed by atoms with Gasteiger partial charge in [-0.05, 0) is 45.2 Å². The molecule has 1 aromatic heterocycles. The number of aromatic amines is 1. The predicted octanol–water partition coefficient (Wildman–Crippen LogP) is 3.11. The van der Waals surface area contributed by atoms with E-state index in [9.17, 15) is 8.42 Å². The minimum Gasteiger partial charge on any atom is -0.361 e. The molecule has 2 aromatic rings.